The molecule has 1 atom stereocenters. The summed E-state index contributed by atoms with van der Waals surface area (Å²) in [6.45, 7) is 5.94. The maximum absolute atomic E-state index is 12.7. The van der Waals surface area contributed by atoms with Crippen molar-refractivity contribution in [3.05, 3.63) is 64.7 Å². The molecule has 0 radical (unpaired) electrons. The Morgan fingerprint density at radius 3 is 2.04 bits per heavy atom. The van der Waals surface area contributed by atoms with Crippen molar-refractivity contribution in [2.45, 2.75) is 37.6 Å². The lowest BCUT2D eigenvalue weighted by atomic mass is 10.00. The lowest BCUT2D eigenvalue weighted by molar-refractivity contribution is 0.0879. The van der Waals surface area contributed by atoms with E-state index in [0.717, 1.165) is 5.56 Å². The fourth-order valence-electron chi connectivity index (χ4n) is 2.85. The van der Waals surface area contributed by atoms with E-state index in [1.54, 1.807) is 6.92 Å². The molecule has 2 amide bonds. The number of hydrogen-bond acceptors (Lipinski definition) is 4. The Hall–Kier alpha value is -2.51. The van der Waals surface area contributed by atoms with E-state index in [4.69, 9.17) is 0 Å². The summed E-state index contributed by atoms with van der Waals surface area (Å²) >= 11 is 0. The summed E-state index contributed by atoms with van der Waals surface area (Å²) in [6, 6.07) is 11.2. The topological polar surface area (TPSA) is 92.3 Å². The van der Waals surface area contributed by atoms with Gasteiger partial charge in [0.15, 0.2) is 0 Å². The number of imide groups is 1. The minimum Gasteiger partial charge on any atom is -0.288 e. The Kier molecular flexibility index (Phi) is 4.68. The van der Waals surface area contributed by atoms with E-state index >= 15 is 0 Å². The molecule has 1 aliphatic rings. The molecule has 2 N–H and O–H groups in total. The van der Waals surface area contributed by atoms with Crippen LogP contribution in [0.15, 0.2) is 47.4 Å². The Morgan fingerprint density at radius 2 is 1.42 bits per heavy atom. The second kappa shape index (κ2) is 6.66. The largest absolute Gasteiger partial charge is 0.288 e. The number of fused-ring (bicyclic) bond motifs is 1. The monoisotopic (exact) mass is 372 g/mol. The van der Waals surface area contributed by atoms with Gasteiger partial charge in [-0.1, -0.05) is 38.1 Å². The van der Waals surface area contributed by atoms with Gasteiger partial charge in [-0.2, -0.15) is 0 Å². The first-order valence-electron chi connectivity index (χ1n) is 8.31. The highest BCUT2D eigenvalue weighted by Crippen LogP contribution is 2.23. The van der Waals surface area contributed by atoms with E-state index in [2.05, 4.69) is 23.9 Å². The van der Waals surface area contributed by atoms with Gasteiger partial charge in [-0.05, 0) is 42.2 Å². The minimum atomic E-state index is -3.84. The van der Waals surface area contributed by atoms with Gasteiger partial charge >= 0.3 is 0 Å². The van der Waals surface area contributed by atoms with Crippen molar-refractivity contribution >= 4 is 21.8 Å². The maximum atomic E-state index is 12.7. The number of sulfonamides is 1. The smallest absolute Gasteiger partial charge is 0.258 e. The van der Waals surface area contributed by atoms with Gasteiger partial charge in [0, 0.05) is 6.04 Å². The van der Waals surface area contributed by atoms with Crippen LogP contribution in [0.5, 0.6) is 0 Å². The van der Waals surface area contributed by atoms with Crippen LogP contribution in [0, 0.1) is 0 Å². The molecule has 136 valence electrons. The van der Waals surface area contributed by atoms with Crippen LogP contribution in [-0.4, -0.2) is 20.2 Å². The maximum Gasteiger partial charge on any atom is 0.258 e. The second-order valence-electron chi connectivity index (χ2n) is 6.65. The van der Waals surface area contributed by atoms with E-state index < -0.39 is 27.9 Å². The fourth-order valence-corrected chi connectivity index (χ4v) is 4.11. The second-order valence-corrected chi connectivity index (χ2v) is 8.37. The number of benzene rings is 2. The van der Waals surface area contributed by atoms with Gasteiger partial charge < -0.3 is 0 Å². The van der Waals surface area contributed by atoms with Gasteiger partial charge in [-0.15, -0.1) is 0 Å². The average Bonchev–Trinajstić information content (AvgIpc) is 2.88. The highest BCUT2D eigenvalue weighted by molar-refractivity contribution is 7.89. The normalized spacial score (nSPS) is 15.1. The lowest BCUT2D eigenvalue weighted by Gasteiger charge is -2.16. The lowest BCUT2D eigenvalue weighted by Crippen LogP contribution is -2.27. The van der Waals surface area contributed by atoms with Crippen molar-refractivity contribution in [3.8, 4) is 0 Å². The predicted octanol–water partition coefficient (Wildman–Crippen LogP) is 2.73. The number of carbonyl (C=O) groups is 2. The van der Waals surface area contributed by atoms with Crippen LogP contribution in [0.25, 0.3) is 0 Å². The zero-order valence-corrected chi connectivity index (χ0v) is 15.6. The van der Waals surface area contributed by atoms with Crippen LogP contribution in [0.3, 0.4) is 0 Å². The molecule has 26 heavy (non-hydrogen) atoms. The summed E-state index contributed by atoms with van der Waals surface area (Å²) in [7, 11) is -3.84. The number of nitrogens with one attached hydrogen (secondary N) is 2. The third-order valence-corrected chi connectivity index (χ3v) is 5.99. The van der Waals surface area contributed by atoms with Gasteiger partial charge in [0.1, 0.15) is 0 Å². The molecule has 2 aromatic carbocycles. The first-order valence-corrected chi connectivity index (χ1v) is 9.79. The van der Waals surface area contributed by atoms with Crippen molar-refractivity contribution in [2.75, 3.05) is 0 Å². The summed E-state index contributed by atoms with van der Waals surface area (Å²) in [5.41, 5.74) is 2.28. The van der Waals surface area contributed by atoms with Gasteiger partial charge in [0.2, 0.25) is 10.0 Å². The van der Waals surface area contributed by atoms with Crippen LogP contribution in [0.2, 0.25) is 0 Å². The molecular weight excluding hydrogens is 352 g/mol. The molecule has 2 aromatic rings. The van der Waals surface area contributed by atoms with E-state index in [1.165, 1.54) is 23.8 Å². The number of rotatable bonds is 5. The molecule has 0 saturated carbocycles. The third-order valence-electron chi connectivity index (χ3n) is 4.45. The van der Waals surface area contributed by atoms with E-state index in [-0.39, 0.29) is 16.0 Å². The molecule has 0 bridgehead atoms. The first-order chi connectivity index (χ1) is 12.2. The van der Waals surface area contributed by atoms with Gasteiger partial charge in [-0.3, -0.25) is 14.9 Å². The van der Waals surface area contributed by atoms with E-state index in [9.17, 15) is 18.0 Å². The molecule has 6 nitrogen and oxygen atoms in total. The summed E-state index contributed by atoms with van der Waals surface area (Å²) in [5.74, 6) is -0.698. The van der Waals surface area contributed by atoms with Crippen molar-refractivity contribution in [2.24, 2.45) is 0 Å². The van der Waals surface area contributed by atoms with Crippen molar-refractivity contribution in [1.82, 2.24) is 10.0 Å². The van der Waals surface area contributed by atoms with Crippen molar-refractivity contribution < 1.29 is 18.0 Å². The predicted molar refractivity (Wildman–Crippen MR) is 97.5 cm³/mol. The molecule has 3 rings (SSSR count). The summed E-state index contributed by atoms with van der Waals surface area (Å²) < 4.78 is 27.9. The van der Waals surface area contributed by atoms with Crippen LogP contribution in [0.4, 0.5) is 0 Å². The molecule has 1 unspecified atom stereocenters. The summed E-state index contributed by atoms with van der Waals surface area (Å²) in [4.78, 5) is 23.3. The molecule has 0 fully saturated rings. The zero-order chi connectivity index (χ0) is 19.1. The molecule has 1 aliphatic heterocycles. The molecule has 0 spiro atoms. The zero-order valence-electron chi connectivity index (χ0n) is 14.7. The van der Waals surface area contributed by atoms with Crippen molar-refractivity contribution in [3.63, 3.8) is 0 Å². The van der Waals surface area contributed by atoms with E-state index in [1.807, 2.05) is 24.3 Å². The summed E-state index contributed by atoms with van der Waals surface area (Å²) in [5, 5.41) is 2.15. The average molecular weight is 372 g/mol. The SMILES string of the molecule is CC(C)c1ccc(C(C)NS(=O)(=O)c2ccc3c(c2)C(=O)NC3=O)cc1. The highest BCUT2D eigenvalue weighted by Gasteiger charge is 2.29. The van der Waals surface area contributed by atoms with Crippen LogP contribution < -0.4 is 10.0 Å². The molecule has 1 heterocycles. The first kappa shape index (κ1) is 18.3. The van der Waals surface area contributed by atoms with Crippen LogP contribution >= 0.6 is 0 Å². The Balaban J connectivity index is 1.84. The number of carbonyl (C=O) groups excluding carboxylic acids is 2. The molecule has 0 aromatic heterocycles. The van der Waals surface area contributed by atoms with Gasteiger partial charge in [0.25, 0.3) is 11.8 Å². The molecule has 0 aliphatic carbocycles. The molecular formula is C19H20N2O4S. The Labute approximate surface area is 152 Å². The molecule has 7 heteroatoms. The minimum absolute atomic E-state index is 0.0493. The fraction of sp³-hybridized carbons (Fsp3) is 0.263. The third kappa shape index (κ3) is 3.40. The standard InChI is InChI=1S/C19H20N2O4S/c1-11(2)13-4-6-14(7-5-13)12(3)21-26(24,25)15-8-9-16-17(10-15)19(23)20-18(16)22/h4-12,21H,1-3H3,(H,20,22,23). The van der Waals surface area contributed by atoms with Crippen LogP contribution in [0.1, 0.15) is 64.6 Å². The van der Waals surface area contributed by atoms with Crippen LogP contribution in [-0.2, 0) is 10.0 Å². The molecule has 0 saturated heterocycles. The van der Waals surface area contributed by atoms with Gasteiger partial charge in [-0.25, -0.2) is 13.1 Å². The van der Waals surface area contributed by atoms with E-state index in [0.29, 0.717) is 5.92 Å². The van der Waals surface area contributed by atoms with Gasteiger partial charge in [0.05, 0.1) is 16.0 Å². The Morgan fingerprint density at radius 1 is 0.846 bits per heavy atom. The summed E-state index contributed by atoms with van der Waals surface area (Å²) in [6.07, 6.45) is 0. The quantitative estimate of drug-likeness (QED) is 0.790. The Bertz CT molecular complexity index is 979. The van der Waals surface area contributed by atoms with Crippen molar-refractivity contribution in [1.29, 1.82) is 0 Å². The number of amides is 2. The number of hydrogen-bond donors (Lipinski definition) is 2. The highest BCUT2D eigenvalue weighted by atomic mass is 32.2.